The van der Waals surface area contributed by atoms with E-state index in [1.165, 1.54) is 0 Å². The minimum absolute atomic E-state index is 0.231. The van der Waals surface area contributed by atoms with Crippen LogP contribution in [-0.4, -0.2) is 17.6 Å². The number of nitrogens with zero attached hydrogens (tertiary/aromatic N) is 1. The van der Waals surface area contributed by atoms with Gasteiger partial charge < -0.3 is 10.2 Å². The lowest BCUT2D eigenvalue weighted by molar-refractivity contribution is 0.0967. The Bertz CT molecular complexity index is 1070. The number of oxime groups is 1. The van der Waals surface area contributed by atoms with Crippen molar-refractivity contribution >= 4 is 34.9 Å². The van der Waals surface area contributed by atoms with Gasteiger partial charge in [-0.25, -0.2) is 4.79 Å². The number of nitrogens with one attached hydrogen (secondary N) is 2. The number of imide groups is 1. The number of hydrogen-bond donors (Lipinski definition) is 2. The van der Waals surface area contributed by atoms with E-state index in [-0.39, 0.29) is 10.6 Å². The van der Waals surface area contributed by atoms with E-state index >= 15 is 0 Å². The fraction of sp³-hybridized carbons (Fsp3) is 0.125. The molecule has 0 radical (unpaired) electrons. The molecule has 6 nitrogen and oxygen atoms in total. The topological polar surface area (TPSA) is 79.8 Å². The molecule has 0 aliphatic rings. The number of benzene rings is 3. The van der Waals surface area contributed by atoms with Gasteiger partial charge in [-0.15, -0.1) is 0 Å². The minimum atomic E-state index is -0.644. The highest BCUT2D eigenvalue weighted by molar-refractivity contribution is 6.34. The molecule has 7 heteroatoms. The number of urea groups is 1. The maximum Gasteiger partial charge on any atom is 0.326 e. The Morgan fingerprint density at radius 3 is 2.29 bits per heavy atom. The summed E-state index contributed by atoms with van der Waals surface area (Å²) in [5.41, 5.74) is 3.57. The van der Waals surface area contributed by atoms with Crippen LogP contribution in [0.5, 0.6) is 0 Å². The van der Waals surface area contributed by atoms with Crippen LogP contribution in [0.3, 0.4) is 0 Å². The monoisotopic (exact) mass is 435 g/mol. The number of rotatable bonds is 7. The van der Waals surface area contributed by atoms with Gasteiger partial charge in [-0.05, 0) is 41.8 Å². The summed E-state index contributed by atoms with van der Waals surface area (Å²) in [6, 6.07) is 22.8. The summed E-state index contributed by atoms with van der Waals surface area (Å²) in [5.74, 6) is -0.573. The maximum atomic E-state index is 12.1. The van der Waals surface area contributed by atoms with Gasteiger partial charge in [0.1, 0.15) is 6.61 Å². The van der Waals surface area contributed by atoms with Crippen molar-refractivity contribution in [3.8, 4) is 0 Å². The van der Waals surface area contributed by atoms with Crippen LogP contribution in [0, 0.1) is 0 Å². The van der Waals surface area contributed by atoms with Crippen LogP contribution in [0.25, 0.3) is 0 Å². The quantitative estimate of drug-likeness (QED) is 0.372. The summed E-state index contributed by atoms with van der Waals surface area (Å²) < 4.78 is 0. The van der Waals surface area contributed by atoms with Gasteiger partial charge in [-0.2, -0.15) is 0 Å². The zero-order chi connectivity index (χ0) is 22.1. The van der Waals surface area contributed by atoms with Gasteiger partial charge in [0.25, 0.3) is 5.91 Å². The fourth-order valence-corrected chi connectivity index (χ4v) is 3.02. The third-order valence-electron chi connectivity index (χ3n) is 4.41. The molecule has 0 spiro atoms. The van der Waals surface area contributed by atoms with Gasteiger partial charge in [0.05, 0.1) is 16.3 Å². The van der Waals surface area contributed by atoms with E-state index in [1.54, 1.807) is 36.4 Å². The first kappa shape index (κ1) is 22.1. The molecule has 0 aliphatic carbocycles. The highest BCUT2D eigenvalue weighted by Crippen LogP contribution is 2.15. The largest absolute Gasteiger partial charge is 0.391 e. The van der Waals surface area contributed by atoms with Crippen molar-refractivity contribution in [2.45, 2.75) is 20.0 Å². The molecule has 2 N–H and O–H groups in total. The van der Waals surface area contributed by atoms with E-state index in [9.17, 15) is 9.59 Å². The molecule has 0 saturated carbocycles. The van der Waals surface area contributed by atoms with Gasteiger partial charge in [0.2, 0.25) is 0 Å². The number of hydrogen-bond acceptors (Lipinski definition) is 4. The zero-order valence-corrected chi connectivity index (χ0v) is 17.7. The molecule has 0 unspecified atom stereocenters. The Balaban J connectivity index is 1.52. The summed E-state index contributed by atoms with van der Waals surface area (Å²) in [6.45, 7) is 2.32. The van der Waals surface area contributed by atoms with E-state index in [1.807, 2.05) is 49.4 Å². The summed E-state index contributed by atoms with van der Waals surface area (Å²) >= 11 is 5.97. The molecular formula is C24H22ClN3O3. The number of anilines is 1. The van der Waals surface area contributed by atoms with Gasteiger partial charge in [0, 0.05) is 5.69 Å². The van der Waals surface area contributed by atoms with Crippen molar-refractivity contribution in [2.75, 3.05) is 5.32 Å². The average molecular weight is 436 g/mol. The van der Waals surface area contributed by atoms with Crippen molar-refractivity contribution in [1.82, 2.24) is 5.32 Å². The number of amides is 3. The lowest BCUT2D eigenvalue weighted by Crippen LogP contribution is -2.34. The van der Waals surface area contributed by atoms with Gasteiger partial charge >= 0.3 is 6.03 Å². The van der Waals surface area contributed by atoms with Crippen molar-refractivity contribution in [1.29, 1.82) is 0 Å². The Labute approximate surface area is 185 Å². The Hall–Kier alpha value is -3.64. The molecule has 0 aromatic heterocycles. The second-order valence-electron chi connectivity index (χ2n) is 6.62. The average Bonchev–Trinajstić information content (AvgIpc) is 2.78. The predicted octanol–water partition coefficient (Wildman–Crippen LogP) is 5.63. The molecule has 0 atom stereocenters. The summed E-state index contributed by atoms with van der Waals surface area (Å²) in [4.78, 5) is 29.7. The second kappa shape index (κ2) is 10.9. The van der Waals surface area contributed by atoms with E-state index in [0.29, 0.717) is 12.3 Å². The Morgan fingerprint density at radius 2 is 1.61 bits per heavy atom. The van der Waals surface area contributed by atoms with E-state index < -0.39 is 11.9 Å². The normalized spacial score (nSPS) is 11.0. The SMILES string of the molecule is CCC(=NOCc1ccc(NC(=O)NC(=O)c2ccccc2Cl)cc1)c1ccccc1. The molecule has 0 fully saturated rings. The Kier molecular flexibility index (Phi) is 7.79. The molecule has 3 aromatic rings. The van der Waals surface area contributed by atoms with Gasteiger partial charge in [-0.1, -0.05) is 78.3 Å². The molecule has 3 amide bonds. The van der Waals surface area contributed by atoms with Crippen LogP contribution in [0.1, 0.15) is 34.8 Å². The number of carbonyl (C=O) groups is 2. The van der Waals surface area contributed by atoms with Gasteiger partial charge in [-0.3, -0.25) is 10.1 Å². The lowest BCUT2D eigenvalue weighted by Gasteiger charge is -2.09. The Morgan fingerprint density at radius 1 is 0.935 bits per heavy atom. The van der Waals surface area contributed by atoms with E-state index in [0.717, 1.165) is 23.3 Å². The summed E-state index contributed by atoms with van der Waals surface area (Å²) in [7, 11) is 0. The van der Waals surface area contributed by atoms with E-state index in [2.05, 4.69) is 15.8 Å². The van der Waals surface area contributed by atoms with Crippen molar-refractivity contribution in [3.05, 3.63) is 101 Å². The molecule has 0 aliphatic heterocycles. The van der Waals surface area contributed by atoms with Crippen LogP contribution in [-0.2, 0) is 11.4 Å². The smallest absolute Gasteiger partial charge is 0.326 e. The first-order valence-corrected chi connectivity index (χ1v) is 10.1. The molecule has 3 rings (SSSR count). The molecule has 31 heavy (non-hydrogen) atoms. The highest BCUT2D eigenvalue weighted by atomic mass is 35.5. The van der Waals surface area contributed by atoms with E-state index in [4.69, 9.17) is 16.4 Å². The lowest BCUT2D eigenvalue weighted by atomic mass is 10.1. The molecule has 0 saturated heterocycles. The van der Waals surface area contributed by atoms with Crippen LogP contribution in [0.4, 0.5) is 10.5 Å². The zero-order valence-electron chi connectivity index (χ0n) is 17.0. The standard InChI is InChI=1S/C24H22ClN3O3/c1-2-22(18-8-4-3-5-9-18)28-31-16-17-12-14-19(15-13-17)26-24(30)27-23(29)20-10-6-7-11-21(20)25/h3-15H,2,16H2,1H3,(H2,26,27,29,30). The summed E-state index contributed by atoms with van der Waals surface area (Å²) in [5, 5.41) is 9.38. The maximum absolute atomic E-state index is 12.1. The third kappa shape index (κ3) is 6.42. The molecule has 0 heterocycles. The van der Waals surface area contributed by atoms with Gasteiger partial charge in [0.15, 0.2) is 0 Å². The molecule has 0 bridgehead atoms. The molecule has 158 valence electrons. The van der Waals surface area contributed by atoms with Crippen LogP contribution in [0.15, 0.2) is 84.0 Å². The minimum Gasteiger partial charge on any atom is -0.391 e. The van der Waals surface area contributed by atoms with Crippen LogP contribution in [0.2, 0.25) is 5.02 Å². The third-order valence-corrected chi connectivity index (χ3v) is 4.73. The number of carbonyl (C=O) groups excluding carboxylic acids is 2. The predicted molar refractivity (Wildman–Crippen MR) is 122 cm³/mol. The van der Waals surface area contributed by atoms with Crippen molar-refractivity contribution in [3.63, 3.8) is 0 Å². The van der Waals surface area contributed by atoms with Crippen LogP contribution < -0.4 is 10.6 Å². The fourth-order valence-electron chi connectivity index (χ4n) is 2.80. The first-order valence-electron chi connectivity index (χ1n) is 9.77. The first-order chi connectivity index (χ1) is 15.1. The highest BCUT2D eigenvalue weighted by Gasteiger charge is 2.13. The van der Waals surface area contributed by atoms with Crippen LogP contribution >= 0.6 is 11.6 Å². The van der Waals surface area contributed by atoms with Crippen molar-refractivity contribution < 1.29 is 14.4 Å². The number of halogens is 1. The molecule has 3 aromatic carbocycles. The second-order valence-corrected chi connectivity index (χ2v) is 7.02. The summed E-state index contributed by atoms with van der Waals surface area (Å²) in [6.07, 6.45) is 0.759. The molecular weight excluding hydrogens is 414 g/mol. The van der Waals surface area contributed by atoms with Crippen molar-refractivity contribution in [2.24, 2.45) is 5.16 Å².